The fraction of sp³-hybridized carbons (Fsp3) is 0.864. The van der Waals surface area contributed by atoms with Gasteiger partial charge in [0, 0.05) is 18.8 Å². The molecule has 2 N–H and O–H groups in total. The molecule has 0 saturated heterocycles. The standard InChI is InChI=1S/C22H36O4/c1-12(2)17-8-6-13(3)18-9-7-14(4)22(25)19(17)10-16(11-26-15(5)23)21(24)20(18)22/h10,12-14,17-21,24-25H,6-9,11H2,1-5H3/t13?,14-,17?,18+,19-,20+,21-,22+/m1/s1. The largest absolute Gasteiger partial charge is 0.461 e. The van der Waals surface area contributed by atoms with E-state index in [1.807, 2.05) is 0 Å². The summed E-state index contributed by atoms with van der Waals surface area (Å²) < 4.78 is 5.24. The Bertz CT molecular complexity index is 568. The van der Waals surface area contributed by atoms with Crippen LogP contribution in [0.5, 0.6) is 0 Å². The fourth-order valence-electron chi connectivity index (χ4n) is 6.28. The van der Waals surface area contributed by atoms with E-state index in [4.69, 9.17) is 4.74 Å². The van der Waals surface area contributed by atoms with Gasteiger partial charge in [-0.3, -0.25) is 4.79 Å². The first kappa shape index (κ1) is 19.9. The molecule has 0 aliphatic heterocycles. The lowest BCUT2D eigenvalue weighted by molar-refractivity contribution is -0.203. The van der Waals surface area contributed by atoms with Crippen LogP contribution in [0.4, 0.5) is 0 Å². The third-order valence-corrected chi connectivity index (χ3v) is 7.81. The highest BCUT2D eigenvalue weighted by Gasteiger charge is 2.61. The van der Waals surface area contributed by atoms with Crippen molar-refractivity contribution in [3.8, 4) is 0 Å². The molecule has 0 heterocycles. The van der Waals surface area contributed by atoms with E-state index in [2.05, 4.69) is 33.8 Å². The number of hydrogen-bond acceptors (Lipinski definition) is 4. The zero-order valence-electron chi connectivity index (χ0n) is 16.9. The molecule has 3 aliphatic rings. The van der Waals surface area contributed by atoms with Crippen LogP contribution >= 0.6 is 0 Å². The summed E-state index contributed by atoms with van der Waals surface area (Å²) >= 11 is 0. The van der Waals surface area contributed by atoms with Crippen molar-refractivity contribution in [2.75, 3.05) is 6.61 Å². The van der Waals surface area contributed by atoms with Crippen LogP contribution in [-0.4, -0.2) is 34.5 Å². The van der Waals surface area contributed by atoms with Crippen LogP contribution in [0, 0.1) is 41.4 Å². The maximum absolute atomic E-state index is 12.0. The minimum Gasteiger partial charge on any atom is -0.461 e. The first-order valence-corrected chi connectivity index (χ1v) is 10.4. The highest BCUT2D eigenvalue weighted by molar-refractivity contribution is 5.66. The number of rotatable bonds is 3. The summed E-state index contributed by atoms with van der Waals surface area (Å²) in [6.45, 7) is 10.5. The van der Waals surface area contributed by atoms with Crippen molar-refractivity contribution in [1.29, 1.82) is 0 Å². The molecule has 4 bridgehead atoms. The van der Waals surface area contributed by atoms with Crippen molar-refractivity contribution < 1.29 is 19.7 Å². The summed E-state index contributed by atoms with van der Waals surface area (Å²) in [7, 11) is 0. The van der Waals surface area contributed by atoms with Crippen molar-refractivity contribution in [3.05, 3.63) is 11.6 Å². The van der Waals surface area contributed by atoms with Crippen LogP contribution < -0.4 is 0 Å². The first-order valence-electron chi connectivity index (χ1n) is 10.4. The average Bonchev–Trinajstić information content (AvgIpc) is 2.56. The second-order valence-electron chi connectivity index (χ2n) is 9.51. The van der Waals surface area contributed by atoms with Gasteiger partial charge >= 0.3 is 5.97 Å². The van der Waals surface area contributed by atoms with Crippen molar-refractivity contribution in [1.82, 2.24) is 0 Å². The van der Waals surface area contributed by atoms with E-state index < -0.39 is 11.7 Å². The average molecular weight is 365 g/mol. The normalized spacial score (nSPS) is 45.5. The highest BCUT2D eigenvalue weighted by atomic mass is 16.5. The molecular formula is C22H36O4. The maximum Gasteiger partial charge on any atom is 0.302 e. The van der Waals surface area contributed by atoms with Gasteiger partial charge in [0.05, 0.1) is 11.7 Å². The first-order chi connectivity index (χ1) is 12.2. The molecule has 4 heteroatoms. The topological polar surface area (TPSA) is 66.8 Å². The van der Waals surface area contributed by atoms with Crippen molar-refractivity contribution in [2.24, 2.45) is 41.4 Å². The third kappa shape index (κ3) is 3.13. The lowest BCUT2D eigenvalue weighted by atomic mass is 9.48. The molecule has 148 valence electrons. The maximum atomic E-state index is 12.0. The Morgan fingerprint density at radius 2 is 1.96 bits per heavy atom. The molecule has 0 radical (unpaired) electrons. The fourth-order valence-corrected chi connectivity index (χ4v) is 6.28. The second kappa shape index (κ2) is 7.27. The Morgan fingerprint density at radius 3 is 2.58 bits per heavy atom. The van der Waals surface area contributed by atoms with Crippen LogP contribution in [0.15, 0.2) is 11.6 Å². The molecular weight excluding hydrogens is 328 g/mol. The second-order valence-corrected chi connectivity index (χ2v) is 9.51. The van der Waals surface area contributed by atoms with Gasteiger partial charge in [0.1, 0.15) is 6.61 Å². The van der Waals surface area contributed by atoms with Crippen molar-refractivity contribution in [3.63, 3.8) is 0 Å². The number of carbonyl (C=O) groups excluding carboxylic acids is 1. The van der Waals surface area contributed by atoms with E-state index in [9.17, 15) is 15.0 Å². The monoisotopic (exact) mass is 364 g/mol. The predicted molar refractivity (Wildman–Crippen MR) is 101 cm³/mol. The lowest BCUT2D eigenvalue weighted by Crippen LogP contribution is -2.65. The molecule has 2 fully saturated rings. The zero-order valence-corrected chi connectivity index (χ0v) is 16.9. The van der Waals surface area contributed by atoms with E-state index >= 15 is 0 Å². The van der Waals surface area contributed by atoms with Crippen molar-refractivity contribution >= 4 is 5.97 Å². The summed E-state index contributed by atoms with van der Waals surface area (Å²) in [5.74, 6) is 1.35. The quantitative estimate of drug-likeness (QED) is 0.593. The molecule has 4 nitrogen and oxygen atoms in total. The number of aliphatic hydroxyl groups excluding tert-OH is 1. The zero-order chi connectivity index (χ0) is 19.2. The molecule has 0 amide bonds. The predicted octanol–water partition coefficient (Wildman–Crippen LogP) is 3.56. The van der Waals surface area contributed by atoms with E-state index in [1.54, 1.807) is 0 Å². The molecule has 0 spiro atoms. The molecule has 3 rings (SSSR count). The molecule has 2 saturated carbocycles. The number of esters is 1. The molecule has 0 aromatic rings. The van der Waals surface area contributed by atoms with Crippen molar-refractivity contribution in [2.45, 2.75) is 72.0 Å². The van der Waals surface area contributed by atoms with E-state index in [-0.39, 0.29) is 30.3 Å². The molecule has 0 aromatic carbocycles. The van der Waals surface area contributed by atoms with Gasteiger partial charge in [-0.1, -0.05) is 40.2 Å². The Kier molecular flexibility index (Phi) is 5.56. The molecule has 0 aromatic heterocycles. The molecule has 3 aliphatic carbocycles. The van der Waals surface area contributed by atoms with E-state index in [0.29, 0.717) is 23.7 Å². The lowest BCUT2D eigenvalue weighted by Gasteiger charge is -2.60. The Balaban J connectivity index is 2.10. The molecule has 8 atom stereocenters. The van der Waals surface area contributed by atoms with Gasteiger partial charge in [-0.25, -0.2) is 0 Å². The number of aliphatic hydroxyl groups is 2. The number of ether oxygens (including phenoxy) is 1. The van der Waals surface area contributed by atoms with Crippen LogP contribution in [-0.2, 0) is 9.53 Å². The Morgan fingerprint density at radius 1 is 1.27 bits per heavy atom. The van der Waals surface area contributed by atoms with Gasteiger partial charge < -0.3 is 14.9 Å². The van der Waals surface area contributed by atoms with Crippen LogP contribution in [0.25, 0.3) is 0 Å². The van der Waals surface area contributed by atoms with Gasteiger partial charge in [-0.15, -0.1) is 0 Å². The Labute approximate surface area is 158 Å². The van der Waals surface area contributed by atoms with Gasteiger partial charge in [-0.05, 0) is 54.4 Å². The summed E-state index contributed by atoms with van der Waals surface area (Å²) in [5, 5.41) is 23.3. The Hall–Kier alpha value is -0.870. The smallest absolute Gasteiger partial charge is 0.302 e. The van der Waals surface area contributed by atoms with Gasteiger partial charge in [0.25, 0.3) is 0 Å². The summed E-state index contributed by atoms with van der Waals surface area (Å²) in [6.07, 6.45) is 5.69. The summed E-state index contributed by atoms with van der Waals surface area (Å²) in [5.41, 5.74) is -0.0789. The molecule has 26 heavy (non-hydrogen) atoms. The molecule has 2 unspecified atom stereocenters. The minimum atomic E-state index is -0.869. The number of hydrogen-bond donors (Lipinski definition) is 2. The number of carbonyl (C=O) groups is 1. The minimum absolute atomic E-state index is 0.0201. The third-order valence-electron chi connectivity index (χ3n) is 7.81. The summed E-state index contributed by atoms with van der Waals surface area (Å²) in [6, 6.07) is 0. The SMILES string of the molecule is CC(=O)OCC1=C[C@@H]2C(C(C)C)CCC(C)[C@@H]3CC[C@@H](C)[C@@]2(O)[C@@H]3[C@@H]1O. The van der Waals surface area contributed by atoms with Crippen LogP contribution in [0.3, 0.4) is 0 Å². The van der Waals surface area contributed by atoms with E-state index in [1.165, 1.54) is 6.92 Å². The van der Waals surface area contributed by atoms with Gasteiger partial charge in [0.15, 0.2) is 0 Å². The highest BCUT2D eigenvalue weighted by Crippen LogP contribution is 2.58. The van der Waals surface area contributed by atoms with Crippen LogP contribution in [0.2, 0.25) is 0 Å². The summed E-state index contributed by atoms with van der Waals surface area (Å²) in [4.78, 5) is 11.3. The van der Waals surface area contributed by atoms with Gasteiger partial charge in [0.2, 0.25) is 0 Å². The van der Waals surface area contributed by atoms with Crippen LogP contribution in [0.1, 0.15) is 60.3 Å². The van der Waals surface area contributed by atoms with E-state index in [0.717, 1.165) is 31.3 Å². The van der Waals surface area contributed by atoms with Gasteiger partial charge in [-0.2, -0.15) is 0 Å².